The van der Waals surface area contributed by atoms with Crippen molar-refractivity contribution >= 4 is 21.8 Å². The lowest BCUT2D eigenvalue weighted by molar-refractivity contribution is -0.0228. The van der Waals surface area contributed by atoms with E-state index in [4.69, 9.17) is 9.47 Å². The summed E-state index contributed by atoms with van der Waals surface area (Å²) in [4.78, 5) is 14.6. The van der Waals surface area contributed by atoms with E-state index in [1.807, 2.05) is 53.4 Å². The SMILES string of the molecule is COCc1ccc(C(=O)N2CCOC(c3ccc(Br)cc3)C2)cc1. The van der Waals surface area contributed by atoms with Gasteiger partial charge in [0, 0.05) is 23.7 Å². The number of rotatable bonds is 4. The van der Waals surface area contributed by atoms with Gasteiger partial charge in [0.15, 0.2) is 0 Å². The summed E-state index contributed by atoms with van der Waals surface area (Å²) in [6, 6.07) is 15.6. The molecule has 1 heterocycles. The summed E-state index contributed by atoms with van der Waals surface area (Å²) in [5.74, 6) is 0.0457. The number of carbonyl (C=O) groups is 1. The molecule has 4 nitrogen and oxygen atoms in total. The molecule has 0 aliphatic carbocycles. The number of nitrogens with zero attached hydrogens (tertiary/aromatic N) is 1. The number of carbonyl (C=O) groups excluding carboxylic acids is 1. The van der Waals surface area contributed by atoms with Crippen LogP contribution in [0.15, 0.2) is 53.0 Å². The summed E-state index contributed by atoms with van der Waals surface area (Å²) >= 11 is 3.44. The lowest BCUT2D eigenvalue weighted by Crippen LogP contribution is -2.42. The first-order valence-electron chi connectivity index (χ1n) is 7.91. The van der Waals surface area contributed by atoms with Crippen molar-refractivity contribution in [3.8, 4) is 0 Å². The van der Waals surface area contributed by atoms with E-state index in [1.165, 1.54) is 0 Å². The normalized spacial score (nSPS) is 17.8. The van der Waals surface area contributed by atoms with Gasteiger partial charge < -0.3 is 14.4 Å². The van der Waals surface area contributed by atoms with Crippen LogP contribution in [-0.2, 0) is 16.1 Å². The third kappa shape index (κ3) is 4.04. The predicted octanol–water partition coefficient (Wildman–Crippen LogP) is 3.81. The van der Waals surface area contributed by atoms with Gasteiger partial charge in [-0.25, -0.2) is 0 Å². The topological polar surface area (TPSA) is 38.8 Å². The summed E-state index contributed by atoms with van der Waals surface area (Å²) in [6.45, 7) is 2.29. The van der Waals surface area contributed by atoms with Crippen molar-refractivity contribution < 1.29 is 14.3 Å². The minimum atomic E-state index is -0.0800. The molecule has 5 heteroatoms. The third-order valence-electron chi connectivity index (χ3n) is 4.11. The van der Waals surface area contributed by atoms with Crippen LogP contribution < -0.4 is 0 Å². The van der Waals surface area contributed by atoms with Crippen molar-refractivity contribution in [3.63, 3.8) is 0 Å². The van der Waals surface area contributed by atoms with Gasteiger partial charge in [0.1, 0.15) is 6.10 Å². The van der Waals surface area contributed by atoms with Gasteiger partial charge in [0.05, 0.1) is 19.8 Å². The maximum atomic E-state index is 12.7. The van der Waals surface area contributed by atoms with Crippen LogP contribution in [-0.4, -0.2) is 37.6 Å². The van der Waals surface area contributed by atoms with Crippen molar-refractivity contribution in [3.05, 3.63) is 69.7 Å². The van der Waals surface area contributed by atoms with E-state index < -0.39 is 0 Å². The zero-order valence-corrected chi connectivity index (χ0v) is 15.2. The Labute approximate surface area is 150 Å². The van der Waals surface area contributed by atoms with E-state index in [9.17, 15) is 4.79 Å². The van der Waals surface area contributed by atoms with Crippen molar-refractivity contribution in [2.75, 3.05) is 26.8 Å². The maximum absolute atomic E-state index is 12.7. The fourth-order valence-corrected chi connectivity index (χ4v) is 3.07. The van der Waals surface area contributed by atoms with Crippen LogP contribution in [0.3, 0.4) is 0 Å². The van der Waals surface area contributed by atoms with Crippen LogP contribution in [0, 0.1) is 0 Å². The molecule has 0 radical (unpaired) electrons. The molecular formula is C19H20BrNO3. The zero-order valence-electron chi connectivity index (χ0n) is 13.6. The lowest BCUT2D eigenvalue weighted by Gasteiger charge is -2.33. The largest absolute Gasteiger partial charge is 0.380 e. The van der Waals surface area contributed by atoms with Gasteiger partial charge in [-0.2, -0.15) is 0 Å². The minimum Gasteiger partial charge on any atom is -0.380 e. The predicted molar refractivity (Wildman–Crippen MR) is 95.9 cm³/mol. The van der Waals surface area contributed by atoms with Crippen LogP contribution in [0.2, 0.25) is 0 Å². The van der Waals surface area contributed by atoms with Gasteiger partial charge in [-0.1, -0.05) is 40.2 Å². The lowest BCUT2D eigenvalue weighted by atomic mass is 10.1. The maximum Gasteiger partial charge on any atom is 0.254 e. The number of ether oxygens (including phenoxy) is 2. The highest BCUT2D eigenvalue weighted by Gasteiger charge is 2.26. The van der Waals surface area contributed by atoms with E-state index in [2.05, 4.69) is 15.9 Å². The van der Waals surface area contributed by atoms with Crippen molar-refractivity contribution in [2.45, 2.75) is 12.7 Å². The number of halogens is 1. The summed E-state index contributed by atoms with van der Waals surface area (Å²) in [6.07, 6.45) is -0.0800. The second kappa shape index (κ2) is 7.92. The third-order valence-corrected chi connectivity index (χ3v) is 4.64. The second-order valence-electron chi connectivity index (χ2n) is 5.79. The van der Waals surface area contributed by atoms with E-state index >= 15 is 0 Å². The van der Waals surface area contributed by atoms with E-state index in [0.29, 0.717) is 31.9 Å². The number of hydrogen-bond acceptors (Lipinski definition) is 3. The summed E-state index contributed by atoms with van der Waals surface area (Å²) in [5, 5.41) is 0. The Balaban J connectivity index is 1.69. The van der Waals surface area contributed by atoms with Crippen molar-refractivity contribution in [2.24, 2.45) is 0 Å². The molecule has 1 atom stereocenters. The molecule has 126 valence electrons. The number of methoxy groups -OCH3 is 1. The molecule has 0 N–H and O–H groups in total. The Kier molecular flexibility index (Phi) is 5.66. The minimum absolute atomic E-state index is 0.0457. The first-order chi connectivity index (χ1) is 11.7. The molecule has 2 aromatic rings. The quantitative estimate of drug-likeness (QED) is 0.797. The molecule has 0 aromatic heterocycles. The van der Waals surface area contributed by atoms with Gasteiger partial charge in [0.2, 0.25) is 0 Å². The Hall–Kier alpha value is -1.69. The Morgan fingerprint density at radius 3 is 2.58 bits per heavy atom. The zero-order chi connectivity index (χ0) is 16.9. The number of amides is 1. The molecule has 0 bridgehead atoms. The molecule has 1 fully saturated rings. The van der Waals surface area contributed by atoms with Gasteiger partial charge in [-0.3, -0.25) is 4.79 Å². The molecular weight excluding hydrogens is 370 g/mol. The van der Waals surface area contributed by atoms with E-state index in [-0.39, 0.29) is 12.0 Å². The summed E-state index contributed by atoms with van der Waals surface area (Å²) in [7, 11) is 1.66. The van der Waals surface area contributed by atoms with E-state index in [0.717, 1.165) is 15.6 Å². The molecule has 24 heavy (non-hydrogen) atoms. The highest BCUT2D eigenvalue weighted by molar-refractivity contribution is 9.10. The smallest absolute Gasteiger partial charge is 0.254 e. The van der Waals surface area contributed by atoms with E-state index in [1.54, 1.807) is 7.11 Å². The van der Waals surface area contributed by atoms with Crippen LogP contribution in [0.25, 0.3) is 0 Å². The molecule has 1 unspecified atom stereocenters. The molecule has 1 amide bonds. The highest BCUT2D eigenvalue weighted by Crippen LogP contribution is 2.24. The molecule has 1 aliphatic heterocycles. The standard InChI is InChI=1S/C19H20BrNO3/c1-23-13-14-2-4-16(5-3-14)19(22)21-10-11-24-18(12-21)15-6-8-17(20)9-7-15/h2-9,18H,10-13H2,1H3. The molecule has 0 saturated carbocycles. The molecule has 1 aliphatic rings. The molecule has 3 rings (SSSR count). The van der Waals surface area contributed by atoms with Crippen LogP contribution in [0.4, 0.5) is 0 Å². The van der Waals surface area contributed by atoms with Gasteiger partial charge in [-0.15, -0.1) is 0 Å². The first kappa shape index (κ1) is 17.1. The molecule has 1 saturated heterocycles. The van der Waals surface area contributed by atoms with Gasteiger partial charge >= 0.3 is 0 Å². The van der Waals surface area contributed by atoms with Crippen LogP contribution in [0.5, 0.6) is 0 Å². The number of hydrogen-bond donors (Lipinski definition) is 0. The average Bonchev–Trinajstić information content (AvgIpc) is 2.63. The fourth-order valence-electron chi connectivity index (χ4n) is 2.81. The number of benzene rings is 2. The monoisotopic (exact) mass is 389 g/mol. The van der Waals surface area contributed by atoms with Crippen LogP contribution >= 0.6 is 15.9 Å². The molecule has 0 spiro atoms. The fraction of sp³-hybridized carbons (Fsp3) is 0.316. The van der Waals surface area contributed by atoms with Crippen molar-refractivity contribution in [1.82, 2.24) is 4.90 Å². The van der Waals surface area contributed by atoms with Gasteiger partial charge in [-0.05, 0) is 35.4 Å². The van der Waals surface area contributed by atoms with Gasteiger partial charge in [0.25, 0.3) is 5.91 Å². The van der Waals surface area contributed by atoms with Crippen LogP contribution in [0.1, 0.15) is 27.6 Å². The Bertz CT molecular complexity index is 685. The highest BCUT2D eigenvalue weighted by atomic mass is 79.9. The first-order valence-corrected chi connectivity index (χ1v) is 8.71. The molecule has 2 aromatic carbocycles. The summed E-state index contributed by atoms with van der Waals surface area (Å²) in [5.41, 5.74) is 2.85. The second-order valence-corrected chi connectivity index (χ2v) is 6.71. The Morgan fingerprint density at radius 2 is 1.92 bits per heavy atom. The summed E-state index contributed by atoms with van der Waals surface area (Å²) < 4.78 is 12.0. The number of morpholine rings is 1. The Morgan fingerprint density at radius 1 is 1.21 bits per heavy atom. The average molecular weight is 390 g/mol. The van der Waals surface area contributed by atoms with Crippen molar-refractivity contribution in [1.29, 1.82) is 0 Å².